The number of carbonyl (C=O) groups is 1. The maximum atomic E-state index is 11.7. The van der Waals surface area contributed by atoms with Gasteiger partial charge >= 0.3 is 0 Å². The van der Waals surface area contributed by atoms with Crippen LogP contribution in [0.4, 0.5) is 0 Å². The molecule has 0 fully saturated rings. The van der Waals surface area contributed by atoms with Gasteiger partial charge < -0.3 is 15.8 Å². The van der Waals surface area contributed by atoms with E-state index in [1.54, 1.807) is 0 Å². The highest BCUT2D eigenvalue weighted by Gasteiger charge is 2.20. The molecule has 0 aromatic carbocycles. The average molecular weight is 309 g/mol. The first kappa shape index (κ1) is 22.0. The number of nitrogens with one attached hydrogen (secondary N) is 1. The summed E-state index contributed by atoms with van der Waals surface area (Å²) < 4.78 is 5.62. The molecule has 0 aliphatic carbocycles. The first-order valence-electron chi connectivity index (χ1n) is 7.50. The van der Waals surface area contributed by atoms with E-state index >= 15 is 0 Å². The molecule has 0 aliphatic heterocycles. The molecule has 0 radical (unpaired) electrons. The first-order chi connectivity index (χ1) is 8.83. The Hall–Kier alpha value is -0.320. The summed E-state index contributed by atoms with van der Waals surface area (Å²) in [4.78, 5) is 11.7. The van der Waals surface area contributed by atoms with E-state index in [0.717, 1.165) is 19.3 Å². The second-order valence-electron chi connectivity index (χ2n) is 5.91. The van der Waals surface area contributed by atoms with Crippen molar-refractivity contribution in [1.82, 2.24) is 5.32 Å². The van der Waals surface area contributed by atoms with Crippen molar-refractivity contribution in [3.05, 3.63) is 0 Å². The lowest BCUT2D eigenvalue weighted by Crippen LogP contribution is -2.49. The standard InChI is InChI=1S/C15H32N2O2.ClH/c1-6-15(16,7-2)11-17-14(18)8-9-19-13(5)10-12(3)4;/h12-13H,6-11,16H2,1-5H3,(H,17,18);1H. The minimum absolute atomic E-state index is 0. The van der Waals surface area contributed by atoms with Gasteiger partial charge in [-0.05, 0) is 32.1 Å². The molecule has 0 spiro atoms. The smallest absolute Gasteiger partial charge is 0.222 e. The molecule has 20 heavy (non-hydrogen) atoms. The van der Waals surface area contributed by atoms with E-state index in [-0.39, 0.29) is 30.0 Å². The van der Waals surface area contributed by atoms with Crippen LogP contribution in [0, 0.1) is 5.92 Å². The normalized spacial score (nSPS) is 12.9. The summed E-state index contributed by atoms with van der Waals surface area (Å²) >= 11 is 0. The number of hydrogen-bond donors (Lipinski definition) is 2. The van der Waals surface area contributed by atoms with Gasteiger partial charge in [0.25, 0.3) is 0 Å². The molecule has 1 unspecified atom stereocenters. The van der Waals surface area contributed by atoms with E-state index in [9.17, 15) is 4.79 Å². The lowest BCUT2D eigenvalue weighted by atomic mass is 9.94. The number of halogens is 1. The fourth-order valence-corrected chi connectivity index (χ4v) is 1.95. The molecule has 0 aromatic rings. The van der Waals surface area contributed by atoms with Crippen molar-refractivity contribution in [2.24, 2.45) is 11.7 Å². The zero-order chi connectivity index (χ0) is 14.9. The highest BCUT2D eigenvalue weighted by atomic mass is 35.5. The molecule has 1 atom stereocenters. The van der Waals surface area contributed by atoms with Gasteiger partial charge in [0.1, 0.15) is 0 Å². The number of ether oxygens (including phenoxy) is 1. The molecule has 0 bridgehead atoms. The minimum Gasteiger partial charge on any atom is -0.378 e. The third kappa shape index (κ3) is 10.5. The third-order valence-electron chi connectivity index (χ3n) is 3.58. The summed E-state index contributed by atoms with van der Waals surface area (Å²) in [7, 11) is 0. The molecule has 0 aromatic heterocycles. The molecule has 4 nitrogen and oxygen atoms in total. The third-order valence-corrected chi connectivity index (χ3v) is 3.58. The molecule has 0 aliphatic rings. The molecular weight excluding hydrogens is 276 g/mol. The van der Waals surface area contributed by atoms with Crippen molar-refractivity contribution in [3.8, 4) is 0 Å². The van der Waals surface area contributed by atoms with E-state index in [1.165, 1.54) is 0 Å². The Morgan fingerprint density at radius 1 is 1.25 bits per heavy atom. The molecular formula is C15H33ClN2O2. The first-order valence-corrected chi connectivity index (χ1v) is 7.50. The van der Waals surface area contributed by atoms with Gasteiger partial charge in [-0.2, -0.15) is 0 Å². The van der Waals surface area contributed by atoms with Crippen molar-refractivity contribution < 1.29 is 9.53 Å². The van der Waals surface area contributed by atoms with Crippen LogP contribution in [0.15, 0.2) is 0 Å². The topological polar surface area (TPSA) is 64.3 Å². The summed E-state index contributed by atoms with van der Waals surface area (Å²) in [5.74, 6) is 0.643. The van der Waals surface area contributed by atoms with Gasteiger partial charge in [0.15, 0.2) is 0 Å². The quantitative estimate of drug-likeness (QED) is 0.652. The molecule has 1 amide bonds. The Balaban J connectivity index is 0. The maximum Gasteiger partial charge on any atom is 0.222 e. The predicted octanol–water partition coefficient (Wildman–Crippen LogP) is 2.88. The molecule has 0 heterocycles. The molecule has 3 N–H and O–H groups in total. The van der Waals surface area contributed by atoms with Crippen LogP contribution in [0.1, 0.15) is 60.3 Å². The summed E-state index contributed by atoms with van der Waals surface area (Å²) in [5.41, 5.74) is 5.85. The van der Waals surface area contributed by atoms with E-state index in [0.29, 0.717) is 25.5 Å². The molecule has 0 saturated heterocycles. The zero-order valence-corrected chi connectivity index (χ0v) is 14.5. The fraction of sp³-hybridized carbons (Fsp3) is 0.933. The number of carbonyl (C=O) groups excluding carboxylic acids is 1. The van der Waals surface area contributed by atoms with Crippen LogP contribution in [-0.2, 0) is 9.53 Å². The largest absolute Gasteiger partial charge is 0.378 e. The highest BCUT2D eigenvalue weighted by Crippen LogP contribution is 2.10. The van der Waals surface area contributed by atoms with Crippen LogP contribution in [0.5, 0.6) is 0 Å². The summed E-state index contributed by atoms with van der Waals surface area (Å²) in [6.45, 7) is 11.5. The second-order valence-corrected chi connectivity index (χ2v) is 5.91. The van der Waals surface area contributed by atoms with Crippen molar-refractivity contribution in [2.75, 3.05) is 13.2 Å². The second kappa shape index (κ2) is 11.4. The van der Waals surface area contributed by atoms with Crippen LogP contribution in [-0.4, -0.2) is 30.7 Å². The lowest BCUT2D eigenvalue weighted by Gasteiger charge is -2.26. The van der Waals surface area contributed by atoms with Crippen LogP contribution >= 0.6 is 12.4 Å². The predicted molar refractivity (Wildman–Crippen MR) is 87.2 cm³/mol. The van der Waals surface area contributed by atoms with Gasteiger partial charge in [-0.15, -0.1) is 12.4 Å². The van der Waals surface area contributed by atoms with Crippen molar-refractivity contribution in [1.29, 1.82) is 0 Å². The summed E-state index contributed by atoms with van der Waals surface area (Å²) in [6.07, 6.45) is 3.38. The van der Waals surface area contributed by atoms with E-state index in [2.05, 4.69) is 26.1 Å². The average Bonchev–Trinajstić information content (AvgIpc) is 2.35. The van der Waals surface area contributed by atoms with Gasteiger partial charge in [-0.25, -0.2) is 0 Å². The monoisotopic (exact) mass is 308 g/mol. The Morgan fingerprint density at radius 2 is 1.80 bits per heavy atom. The number of nitrogens with two attached hydrogens (primary N) is 1. The number of rotatable bonds is 10. The van der Waals surface area contributed by atoms with E-state index < -0.39 is 0 Å². The molecule has 0 rings (SSSR count). The van der Waals surface area contributed by atoms with Crippen LogP contribution in [0.2, 0.25) is 0 Å². The number of hydrogen-bond acceptors (Lipinski definition) is 3. The summed E-state index contributed by atoms with van der Waals surface area (Å²) in [6, 6.07) is 0. The lowest BCUT2D eigenvalue weighted by molar-refractivity contribution is -0.122. The van der Waals surface area contributed by atoms with Crippen LogP contribution in [0.3, 0.4) is 0 Å². The van der Waals surface area contributed by atoms with Crippen molar-refractivity contribution >= 4 is 18.3 Å². The van der Waals surface area contributed by atoms with Gasteiger partial charge in [0.05, 0.1) is 12.7 Å². The van der Waals surface area contributed by atoms with Gasteiger partial charge in [-0.3, -0.25) is 4.79 Å². The summed E-state index contributed by atoms with van der Waals surface area (Å²) in [5, 5.41) is 2.90. The SMILES string of the molecule is CCC(N)(CC)CNC(=O)CCOC(C)CC(C)C.Cl. The molecule has 122 valence electrons. The van der Waals surface area contributed by atoms with Crippen molar-refractivity contribution in [3.63, 3.8) is 0 Å². The number of amides is 1. The zero-order valence-electron chi connectivity index (χ0n) is 13.7. The Kier molecular flexibility index (Phi) is 12.5. The minimum atomic E-state index is -0.276. The van der Waals surface area contributed by atoms with E-state index in [4.69, 9.17) is 10.5 Å². The fourth-order valence-electron chi connectivity index (χ4n) is 1.95. The van der Waals surface area contributed by atoms with E-state index in [1.807, 2.05) is 13.8 Å². The Labute approximate surface area is 130 Å². The van der Waals surface area contributed by atoms with Gasteiger partial charge in [0, 0.05) is 18.5 Å². The Morgan fingerprint density at radius 3 is 2.25 bits per heavy atom. The van der Waals surface area contributed by atoms with Crippen LogP contribution < -0.4 is 11.1 Å². The highest BCUT2D eigenvalue weighted by molar-refractivity contribution is 5.85. The van der Waals surface area contributed by atoms with Gasteiger partial charge in [-0.1, -0.05) is 27.7 Å². The van der Waals surface area contributed by atoms with Crippen molar-refractivity contribution in [2.45, 2.75) is 71.9 Å². The molecule has 0 saturated carbocycles. The Bertz CT molecular complexity index is 256. The maximum absolute atomic E-state index is 11.7. The van der Waals surface area contributed by atoms with Gasteiger partial charge in [0.2, 0.25) is 5.91 Å². The molecule has 5 heteroatoms. The van der Waals surface area contributed by atoms with Crippen LogP contribution in [0.25, 0.3) is 0 Å².